The average molecular weight is 516 g/mol. The largest absolute Gasteiger partial charge is 0.507 e. The number of phenols is 1. The molecule has 2 N–H and O–H groups in total. The van der Waals surface area contributed by atoms with Crippen molar-refractivity contribution in [2.45, 2.75) is 85.1 Å². The van der Waals surface area contributed by atoms with E-state index in [4.69, 9.17) is 5.41 Å². The lowest BCUT2D eigenvalue weighted by molar-refractivity contribution is 0.352. The molecule has 1 heterocycles. The van der Waals surface area contributed by atoms with E-state index in [0.717, 1.165) is 49.3 Å². The van der Waals surface area contributed by atoms with Crippen LogP contribution < -0.4 is 0 Å². The van der Waals surface area contributed by atoms with Gasteiger partial charge in [-0.3, -0.25) is 5.41 Å². The fraction of sp³-hybridized carbons (Fsp3) is 0.552. The zero-order valence-corrected chi connectivity index (χ0v) is 23.2. The first-order valence-corrected chi connectivity index (χ1v) is 12.2. The van der Waals surface area contributed by atoms with Crippen LogP contribution in [0.2, 0.25) is 0 Å². The van der Waals surface area contributed by atoms with Crippen LogP contribution in [-0.4, -0.2) is 22.4 Å². The molecule has 1 aliphatic rings. The van der Waals surface area contributed by atoms with Gasteiger partial charge in [-0.1, -0.05) is 85.2 Å². The van der Waals surface area contributed by atoms with Gasteiger partial charge in [0.25, 0.3) is 0 Å². The summed E-state index contributed by atoms with van der Waals surface area (Å²) >= 11 is 0. The van der Waals surface area contributed by atoms with Crippen LogP contribution in [0.4, 0.5) is 0 Å². The number of hydrogen-bond acceptors (Lipinski definition) is 2. The van der Waals surface area contributed by atoms with Crippen molar-refractivity contribution in [1.29, 1.82) is 5.41 Å². The fourth-order valence-corrected chi connectivity index (χ4v) is 5.06. The third kappa shape index (κ3) is 6.41. The molecule has 3 nitrogen and oxygen atoms in total. The molecule has 0 radical (unpaired) electrons. The van der Waals surface area contributed by atoms with Crippen LogP contribution in [0.1, 0.15) is 83.6 Å². The SMILES string of the molecule is Br.CCCC1CN(Cc2cc(C(C)(C)C)c(O)c(C(C)(C)C)c2)C(=N)C1Cc1ccccc1. The van der Waals surface area contributed by atoms with Gasteiger partial charge >= 0.3 is 0 Å². The number of phenolic OH excluding ortho intramolecular Hbond substituents is 1. The molecule has 4 heteroatoms. The molecule has 3 rings (SSSR count). The summed E-state index contributed by atoms with van der Waals surface area (Å²) in [6.07, 6.45) is 3.25. The standard InChI is InChI=1S/C29H42N2O.BrH/c1-8-12-22-19-31(27(30)23(22)15-20-13-10-9-11-14-20)18-21-16-24(28(2,3)4)26(32)25(17-21)29(5,6)7;/h9-11,13-14,16-17,22-23,30,32H,8,12,15,18-19H2,1-7H3;1H. The van der Waals surface area contributed by atoms with Gasteiger partial charge in [0.1, 0.15) is 5.75 Å². The van der Waals surface area contributed by atoms with Crippen molar-refractivity contribution in [1.82, 2.24) is 4.90 Å². The molecular formula is C29H43BrN2O. The minimum atomic E-state index is -0.140. The molecule has 0 saturated carbocycles. The van der Waals surface area contributed by atoms with E-state index in [1.807, 2.05) is 0 Å². The highest BCUT2D eigenvalue weighted by Gasteiger charge is 2.37. The molecule has 0 aliphatic carbocycles. The number of benzene rings is 2. The van der Waals surface area contributed by atoms with Crippen LogP contribution in [0.3, 0.4) is 0 Å². The van der Waals surface area contributed by atoms with Gasteiger partial charge in [0.05, 0.1) is 5.84 Å². The first-order chi connectivity index (χ1) is 14.9. The maximum absolute atomic E-state index is 11.1. The van der Waals surface area contributed by atoms with Crippen LogP contribution in [0, 0.1) is 17.2 Å². The molecule has 0 aromatic heterocycles. The molecule has 1 saturated heterocycles. The number of nitrogens with zero attached hydrogens (tertiary/aromatic N) is 1. The second-order valence-electron chi connectivity index (χ2n) is 11.7. The summed E-state index contributed by atoms with van der Waals surface area (Å²) < 4.78 is 0. The number of hydrogen-bond donors (Lipinski definition) is 2. The van der Waals surface area contributed by atoms with E-state index < -0.39 is 0 Å². The second kappa shape index (κ2) is 10.6. The van der Waals surface area contributed by atoms with Gasteiger partial charge in [0.2, 0.25) is 0 Å². The van der Waals surface area contributed by atoms with Crippen molar-refractivity contribution >= 4 is 22.8 Å². The molecule has 2 aromatic rings. The van der Waals surface area contributed by atoms with Gasteiger partial charge in [-0.15, -0.1) is 17.0 Å². The van der Waals surface area contributed by atoms with E-state index in [1.54, 1.807) is 0 Å². The Kier molecular flexibility index (Phi) is 8.84. The molecule has 1 aliphatic heterocycles. The van der Waals surface area contributed by atoms with E-state index in [-0.39, 0.29) is 33.7 Å². The van der Waals surface area contributed by atoms with Gasteiger partial charge in [0, 0.05) is 19.0 Å². The summed E-state index contributed by atoms with van der Waals surface area (Å²) in [6.45, 7) is 16.9. The van der Waals surface area contributed by atoms with Gasteiger partial charge in [-0.25, -0.2) is 0 Å². The molecule has 0 bridgehead atoms. The number of likely N-dealkylation sites (tertiary alicyclic amines) is 1. The molecule has 33 heavy (non-hydrogen) atoms. The summed E-state index contributed by atoms with van der Waals surface area (Å²) in [5.41, 5.74) is 4.23. The number of halogens is 1. The van der Waals surface area contributed by atoms with Crippen molar-refractivity contribution in [3.63, 3.8) is 0 Å². The number of amidine groups is 1. The summed E-state index contributed by atoms with van der Waals surface area (Å²) in [7, 11) is 0. The van der Waals surface area contributed by atoms with Gasteiger partial charge in [0.15, 0.2) is 0 Å². The maximum Gasteiger partial charge on any atom is 0.123 e. The molecular weight excluding hydrogens is 472 g/mol. The third-order valence-corrected chi connectivity index (χ3v) is 6.83. The molecule has 182 valence electrons. The lowest BCUT2D eigenvalue weighted by Crippen LogP contribution is -2.27. The Hall–Kier alpha value is -1.81. The highest BCUT2D eigenvalue weighted by molar-refractivity contribution is 8.93. The Morgan fingerprint density at radius 3 is 1.97 bits per heavy atom. The van der Waals surface area contributed by atoms with Crippen LogP contribution in [0.5, 0.6) is 5.75 Å². The molecule has 2 aromatic carbocycles. The quantitative estimate of drug-likeness (QED) is 0.415. The molecule has 2 atom stereocenters. The molecule has 0 amide bonds. The number of nitrogens with one attached hydrogen (secondary N) is 1. The van der Waals surface area contributed by atoms with Crippen molar-refractivity contribution in [2.24, 2.45) is 11.8 Å². The van der Waals surface area contributed by atoms with Crippen molar-refractivity contribution in [3.8, 4) is 5.75 Å². The zero-order chi connectivity index (χ0) is 23.7. The minimum absolute atomic E-state index is 0. The molecule has 0 spiro atoms. The Morgan fingerprint density at radius 1 is 0.939 bits per heavy atom. The lowest BCUT2D eigenvalue weighted by atomic mass is 9.78. The first kappa shape index (κ1) is 27.4. The smallest absolute Gasteiger partial charge is 0.123 e. The molecule has 1 fully saturated rings. The van der Waals surface area contributed by atoms with Crippen molar-refractivity contribution in [2.75, 3.05) is 6.54 Å². The second-order valence-corrected chi connectivity index (χ2v) is 11.7. The van der Waals surface area contributed by atoms with E-state index in [0.29, 0.717) is 11.7 Å². The first-order valence-electron chi connectivity index (χ1n) is 12.2. The highest BCUT2D eigenvalue weighted by Crippen LogP contribution is 2.41. The lowest BCUT2D eigenvalue weighted by Gasteiger charge is -2.29. The third-order valence-electron chi connectivity index (χ3n) is 6.83. The Balaban J connectivity index is 0.00000385. The summed E-state index contributed by atoms with van der Waals surface area (Å²) in [4.78, 5) is 2.28. The van der Waals surface area contributed by atoms with E-state index >= 15 is 0 Å². The summed E-state index contributed by atoms with van der Waals surface area (Å²) in [6, 6.07) is 14.9. The monoisotopic (exact) mass is 514 g/mol. The van der Waals surface area contributed by atoms with Crippen molar-refractivity contribution in [3.05, 3.63) is 64.7 Å². The average Bonchev–Trinajstić information content (AvgIpc) is 2.97. The fourth-order valence-electron chi connectivity index (χ4n) is 5.06. The van der Waals surface area contributed by atoms with Crippen LogP contribution in [-0.2, 0) is 23.8 Å². The van der Waals surface area contributed by atoms with E-state index in [9.17, 15) is 5.11 Å². The number of rotatable bonds is 6. The number of aromatic hydroxyl groups is 1. The Labute approximate surface area is 211 Å². The topological polar surface area (TPSA) is 47.3 Å². The van der Waals surface area contributed by atoms with Crippen LogP contribution in [0.15, 0.2) is 42.5 Å². The van der Waals surface area contributed by atoms with Crippen LogP contribution in [0.25, 0.3) is 0 Å². The van der Waals surface area contributed by atoms with E-state index in [1.165, 1.54) is 11.1 Å². The molecule has 2 unspecified atom stereocenters. The van der Waals surface area contributed by atoms with Crippen molar-refractivity contribution < 1.29 is 5.11 Å². The van der Waals surface area contributed by atoms with E-state index in [2.05, 4.69) is 95.8 Å². The predicted molar refractivity (Wildman–Crippen MR) is 146 cm³/mol. The Morgan fingerprint density at radius 2 is 1.48 bits per heavy atom. The zero-order valence-electron chi connectivity index (χ0n) is 21.5. The Bertz CT molecular complexity index is 905. The van der Waals surface area contributed by atoms with Crippen LogP contribution >= 0.6 is 17.0 Å². The van der Waals surface area contributed by atoms with Gasteiger partial charge < -0.3 is 10.0 Å². The minimum Gasteiger partial charge on any atom is -0.507 e. The normalized spacial score (nSPS) is 19.0. The van der Waals surface area contributed by atoms with Gasteiger partial charge in [-0.2, -0.15) is 0 Å². The van der Waals surface area contributed by atoms with Gasteiger partial charge in [-0.05, 0) is 64.0 Å². The summed E-state index contributed by atoms with van der Waals surface area (Å²) in [5.74, 6) is 2.00. The highest BCUT2D eigenvalue weighted by atomic mass is 79.9. The summed E-state index contributed by atoms with van der Waals surface area (Å²) in [5, 5.41) is 20.1. The maximum atomic E-state index is 11.1. The predicted octanol–water partition coefficient (Wildman–Crippen LogP) is 7.63.